The zero-order valence-electron chi connectivity index (χ0n) is 11.9. The largest absolute Gasteiger partial charge is 0.353 e. The molecule has 1 aliphatic rings. The number of sulfone groups is 1. The summed E-state index contributed by atoms with van der Waals surface area (Å²) in [5.41, 5.74) is 0. The predicted octanol–water partition coefficient (Wildman–Crippen LogP) is 0.410. The van der Waals surface area contributed by atoms with Gasteiger partial charge in [-0.3, -0.25) is 4.79 Å². The highest BCUT2D eigenvalue weighted by Crippen LogP contribution is 2.47. The highest BCUT2D eigenvalue weighted by molar-refractivity contribution is 7.94. The lowest BCUT2D eigenvalue weighted by Crippen LogP contribution is -2.49. The minimum absolute atomic E-state index is 0.149. The standard InChI is InChI=1S/C12H24N2O3S/c1-11(2,9-13-10(15)8-14(4)5)18(16,17)12(3)6-7-12/h6-9H2,1-5H3,(H,13,15). The van der Waals surface area contributed by atoms with Crippen molar-refractivity contribution < 1.29 is 13.2 Å². The molecule has 0 aromatic rings. The summed E-state index contributed by atoms with van der Waals surface area (Å²) in [6.45, 7) is 5.58. The molecule has 0 aliphatic heterocycles. The maximum absolute atomic E-state index is 12.4. The molecule has 18 heavy (non-hydrogen) atoms. The van der Waals surface area contributed by atoms with Crippen LogP contribution in [0.3, 0.4) is 0 Å². The van der Waals surface area contributed by atoms with E-state index in [9.17, 15) is 13.2 Å². The van der Waals surface area contributed by atoms with E-state index in [-0.39, 0.29) is 19.0 Å². The molecule has 1 saturated carbocycles. The Kier molecular flexibility index (Phi) is 4.13. The molecule has 0 heterocycles. The summed E-state index contributed by atoms with van der Waals surface area (Å²) in [6.07, 6.45) is 1.45. The molecule has 1 N–H and O–H groups in total. The number of hydrogen-bond acceptors (Lipinski definition) is 4. The second kappa shape index (κ2) is 4.81. The van der Waals surface area contributed by atoms with Crippen LogP contribution in [0.5, 0.6) is 0 Å². The number of amides is 1. The molecule has 0 saturated heterocycles. The van der Waals surface area contributed by atoms with Gasteiger partial charge in [0.25, 0.3) is 0 Å². The summed E-state index contributed by atoms with van der Waals surface area (Å²) in [4.78, 5) is 13.3. The van der Waals surface area contributed by atoms with Crippen LogP contribution in [0, 0.1) is 0 Å². The maximum atomic E-state index is 12.4. The monoisotopic (exact) mass is 276 g/mol. The lowest BCUT2D eigenvalue weighted by molar-refractivity contribution is -0.121. The summed E-state index contributed by atoms with van der Waals surface area (Å²) in [6, 6.07) is 0. The molecular weight excluding hydrogens is 252 g/mol. The molecule has 1 rings (SSSR count). The third-order valence-electron chi connectivity index (χ3n) is 3.50. The van der Waals surface area contributed by atoms with Crippen LogP contribution in [-0.4, -0.2) is 55.9 Å². The Labute approximate surface area is 110 Å². The van der Waals surface area contributed by atoms with Gasteiger partial charge >= 0.3 is 0 Å². The van der Waals surface area contributed by atoms with Crippen LogP contribution in [0.4, 0.5) is 0 Å². The Balaban J connectivity index is 2.63. The van der Waals surface area contributed by atoms with Crippen molar-refractivity contribution in [1.82, 2.24) is 10.2 Å². The molecule has 0 atom stereocenters. The van der Waals surface area contributed by atoms with E-state index in [1.54, 1.807) is 39.8 Å². The van der Waals surface area contributed by atoms with Gasteiger partial charge in [0.1, 0.15) is 0 Å². The van der Waals surface area contributed by atoms with Gasteiger partial charge in [0.2, 0.25) is 5.91 Å². The maximum Gasteiger partial charge on any atom is 0.234 e. The Bertz CT molecular complexity index is 423. The van der Waals surface area contributed by atoms with Crippen LogP contribution in [0.1, 0.15) is 33.6 Å². The van der Waals surface area contributed by atoms with Gasteiger partial charge in [-0.05, 0) is 47.7 Å². The fourth-order valence-corrected chi connectivity index (χ4v) is 4.10. The van der Waals surface area contributed by atoms with Crippen LogP contribution >= 0.6 is 0 Å². The van der Waals surface area contributed by atoms with Gasteiger partial charge < -0.3 is 10.2 Å². The van der Waals surface area contributed by atoms with E-state index < -0.39 is 19.3 Å². The van der Waals surface area contributed by atoms with E-state index in [1.807, 2.05) is 0 Å². The minimum Gasteiger partial charge on any atom is -0.353 e. The summed E-state index contributed by atoms with van der Waals surface area (Å²) < 4.78 is 23.3. The van der Waals surface area contributed by atoms with Crippen molar-refractivity contribution in [2.75, 3.05) is 27.2 Å². The van der Waals surface area contributed by atoms with Crippen molar-refractivity contribution in [3.63, 3.8) is 0 Å². The highest BCUT2D eigenvalue weighted by Gasteiger charge is 2.56. The molecule has 0 unspecified atom stereocenters. The molecule has 6 heteroatoms. The Morgan fingerprint density at radius 3 is 2.22 bits per heavy atom. The van der Waals surface area contributed by atoms with E-state index in [2.05, 4.69) is 5.32 Å². The summed E-state index contributed by atoms with van der Waals surface area (Å²) in [5, 5.41) is 2.70. The minimum atomic E-state index is -3.22. The van der Waals surface area contributed by atoms with Crippen molar-refractivity contribution >= 4 is 15.7 Å². The van der Waals surface area contributed by atoms with E-state index >= 15 is 0 Å². The van der Waals surface area contributed by atoms with E-state index in [1.165, 1.54) is 0 Å². The van der Waals surface area contributed by atoms with Crippen molar-refractivity contribution in [1.29, 1.82) is 0 Å². The summed E-state index contributed by atoms with van der Waals surface area (Å²) in [7, 11) is 0.379. The van der Waals surface area contributed by atoms with Crippen molar-refractivity contribution in [3.8, 4) is 0 Å². The van der Waals surface area contributed by atoms with Gasteiger partial charge in [-0.1, -0.05) is 0 Å². The Hall–Kier alpha value is -0.620. The molecule has 1 fully saturated rings. The molecule has 0 aromatic carbocycles. The van der Waals surface area contributed by atoms with Crippen LogP contribution in [0.15, 0.2) is 0 Å². The SMILES string of the molecule is CN(C)CC(=O)NCC(C)(C)S(=O)(=O)C1(C)CC1. The fraction of sp³-hybridized carbons (Fsp3) is 0.917. The second-order valence-corrected chi connectivity index (χ2v) is 9.33. The third kappa shape index (κ3) is 3.03. The smallest absolute Gasteiger partial charge is 0.234 e. The second-order valence-electron chi connectivity index (χ2n) is 6.23. The normalized spacial score (nSPS) is 18.8. The van der Waals surface area contributed by atoms with Gasteiger partial charge in [0.05, 0.1) is 16.0 Å². The quantitative estimate of drug-likeness (QED) is 0.763. The zero-order chi connectivity index (χ0) is 14.2. The lowest BCUT2D eigenvalue weighted by Gasteiger charge is -2.29. The van der Waals surface area contributed by atoms with Gasteiger partial charge in [-0.2, -0.15) is 0 Å². The number of carbonyl (C=O) groups is 1. The highest BCUT2D eigenvalue weighted by atomic mass is 32.2. The Morgan fingerprint density at radius 2 is 1.83 bits per heavy atom. The summed E-state index contributed by atoms with van der Waals surface area (Å²) in [5.74, 6) is -0.149. The number of nitrogens with zero attached hydrogens (tertiary/aromatic N) is 1. The van der Waals surface area contributed by atoms with E-state index in [0.717, 1.165) is 12.8 Å². The van der Waals surface area contributed by atoms with Crippen molar-refractivity contribution in [3.05, 3.63) is 0 Å². The molecule has 0 aromatic heterocycles. The van der Waals surface area contributed by atoms with Crippen LogP contribution in [0.2, 0.25) is 0 Å². The van der Waals surface area contributed by atoms with Gasteiger partial charge in [-0.15, -0.1) is 0 Å². The molecule has 0 spiro atoms. The number of carbonyl (C=O) groups excluding carboxylic acids is 1. The zero-order valence-corrected chi connectivity index (χ0v) is 12.7. The first-order valence-electron chi connectivity index (χ1n) is 6.17. The Morgan fingerprint density at radius 1 is 1.33 bits per heavy atom. The number of likely N-dealkylation sites (N-methyl/N-ethyl adjacent to an activating group) is 1. The van der Waals surface area contributed by atoms with E-state index in [0.29, 0.717) is 0 Å². The first-order chi connectivity index (χ1) is 8.02. The molecule has 0 radical (unpaired) electrons. The van der Waals surface area contributed by atoms with Crippen molar-refractivity contribution in [2.45, 2.75) is 43.1 Å². The van der Waals surface area contributed by atoms with Crippen LogP contribution < -0.4 is 5.32 Å². The number of rotatable bonds is 6. The van der Waals surface area contributed by atoms with Crippen LogP contribution in [-0.2, 0) is 14.6 Å². The average Bonchev–Trinajstić information content (AvgIpc) is 2.94. The van der Waals surface area contributed by atoms with Crippen molar-refractivity contribution in [2.24, 2.45) is 0 Å². The summed E-state index contributed by atoms with van der Waals surface area (Å²) >= 11 is 0. The van der Waals surface area contributed by atoms with Gasteiger partial charge in [0.15, 0.2) is 9.84 Å². The van der Waals surface area contributed by atoms with Gasteiger partial charge in [-0.25, -0.2) is 8.42 Å². The molecule has 1 aliphatic carbocycles. The van der Waals surface area contributed by atoms with Gasteiger partial charge in [0, 0.05) is 6.54 Å². The number of hydrogen-bond donors (Lipinski definition) is 1. The molecule has 1 amide bonds. The molecule has 0 bridgehead atoms. The van der Waals surface area contributed by atoms with E-state index in [4.69, 9.17) is 0 Å². The first kappa shape index (κ1) is 15.4. The lowest BCUT2D eigenvalue weighted by atomic mass is 10.2. The molecule has 5 nitrogen and oxygen atoms in total. The average molecular weight is 276 g/mol. The fourth-order valence-electron chi connectivity index (χ4n) is 1.86. The molecular formula is C12H24N2O3S. The first-order valence-corrected chi connectivity index (χ1v) is 7.66. The topological polar surface area (TPSA) is 66.5 Å². The predicted molar refractivity (Wildman–Crippen MR) is 72.2 cm³/mol. The van der Waals surface area contributed by atoms with Crippen LogP contribution in [0.25, 0.3) is 0 Å². The molecule has 106 valence electrons. The third-order valence-corrected chi connectivity index (χ3v) is 6.81. The number of nitrogens with one attached hydrogen (secondary N) is 1.